The van der Waals surface area contributed by atoms with Gasteiger partial charge in [-0.2, -0.15) is 4.37 Å². The number of aromatic nitrogens is 1. The molecule has 0 saturated carbocycles. The minimum Gasteiger partial charge on any atom is -0.480 e. The molecule has 1 aliphatic rings. The molecule has 2 heterocycles. The van der Waals surface area contributed by atoms with E-state index in [0.717, 1.165) is 26.1 Å². The van der Waals surface area contributed by atoms with E-state index >= 15 is 0 Å². The number of rotatable bonds is 3. The second-order valence-electron chi connectivity index (χ2n) is 3.51. The minimum absolute atomic E-state index is 0.148. The molecular formula is C9H14N2O2S. The molecule has 1 atom stereocenters. The van der Waals surface area contributed by atoms with Gasteiger partial charge in [0.15, 0.2) is 0 Å². The van der Waals surface area contributed by atoms with Gasteiger partial charge in [0.05, 0.1) is 13.2 Å². The average molecular weight is 214 g/mol. The summed E-state index contributed by atoms with van der Waals surface area (Å²) in [7, 11) is 1.62. The highest BCUT2D eigenvalue weighted by atomic mass is 32.1. The molecule has 4 nitrogen and oxygen atoms in total. The van der Waals surface area contributed by atoms with E-state index in [1.807, 2.05) is 6.07 Å². The SMILES string of the molecule is COc1cc(CN2CC[C@@H](O)C2)sn1. The summed E-state index contributed by atoms with van der Waals surface area (Å²) in [4.78, 5) is 3.42. The quantitative estimate of drug-likeness (QED) is 0.805. The molecule has 2 rings (SSSR count). The minimum atomic E-state index is -0.148. The summed E-state index contributed by atoms with van der Waals surface area (Å²) in [6.45, 7) is 2.62. The first-order valence-electron chi connectivity index (χ1n) is 4.68. The molecule has 1 saturated heterocycles. The van der Waals surface area contributed by atoms with Crippen LogP contribution >= 0.6 is 11.5 Å². The number of aliphatic hydroxyl groups is 1. The molecule has 1 aliphatic heterocycles. The number of aliphatic hydroxyl groups excluding tert-OH is 1. The normalized spacial score (nSPS) is 22.9. The highest BCUT2D eigenvalue weighted by Crippen LogP contribution is 2.20. The van der Waals surface area contributed by atoms with E-state index in [-0.39, 0.29) is 6.10 Å². The van der Waals surface area contributed by atoms with Crippen molar-refractivity contribution in [2.75, 3.05) is 20.2 Å². The molecule has 1 N–H and O–H groups in total. The number of nitrogens with zero attached hydrogens (tertiary/aromatic N) is 2. The van der Waals surface area contributed by atoms with Gasteiger partial charge in [-0.25, -0.2) is 0 Å². The fraction of sp³-hybridized carbons (Fsp3) is 0.667. The second-order valence-corrected chi connectivity index (χ2v) is 4.40. The van der Waals surface area contributed by atoms with Crippen LogP contribution < -0.4 is 4.74 Å². The predicted molar refractivity (Wildman–Crippen MR) is 54.6 cm³/mol. The zero-order valence-electron chi connectivity index (χ0n) is 8.14. The third-order valence-corrected chi connectivity index (χ3v) is 3.13. The van der Waals surface area contributed by atoms with Crippen molar-refractivity contribution in [2.24, 2.45) is 0 Å². The van der Waals surface area contributed by atoms with Crippen LogP contribution in [-0.2, 0) is 6.54 Å². The molecule has 5 heteroatoms. The Balaban J connectivity index is 1.90. The Morgan fingerprint density at radius 3 is 3.21 bits per heavy atom. The lowest BCUT2D eigenvalue weighted by atomic mass is 10.3. The van der Waals surface area contributed by atoms with Gasteiger partial charge in [0.2, 0.25) is 5.88 Å². The van der Waals surface area contributed by atoms with Crippen molar-refractivity contribution in [2.45, 2.75) is 19.1 Å². The van der Waals surface area contributed by atoms with Gasteiger partial charge in [0, 0.05) is 30.6 Å². The first-order valence-corrected chi connectivity index (χ1v) is 5.45. The third kappa shape index (κ3) is 2.23. The zero-order valence-corrected chi connectivity index (χ0v) is 8.96. The maximum atomic E-state index is 9.35. The summed E-state index contributed by atoms with van der Waals surface area (Å²) in [6, 6.07) is 1.95. The topological polar surface area (TPSA) is 45.6 Å². The molecule has 78 valence electrons. The lowest BCUT2D eigenvalue weighted by Gasteiger charge is -2.12. The molecule has 14 heavy (non-hydrogen) atoms. The van der Waals surface area contributed by atoms with Gasteiger partial charge >= 0.3 is 0 Å². The lowest BCUT2D eigenvalue weighted by molar-refractivity contribution is 0.175. The standard InChI is InChI=1S/C9H14N2O2S/c1-13-9-4-8(14-10-9)6-11-3-2-7(12)5-11/h4,7,12H,2-3,5-6H2,1H3/t7-/m1/s1. The van der Waals surface area contributed by atoms with Crippen LogP contribution in [0.25, 0.3) is 0 Å². The predicted octanol–water partition coefficient (Wildman–Crippen LogP) is 0.718. The van der Waals surface area contributed by atoms with Crippen LogP contribution in [0.15, 0.2) is 6.07 Å². The maximum absolute atomic E-state index is 9.35. The van der Waals surface area contributed by atoms with Crippen LogP contribution in [0, 0.1) is 0 Å². The summed E-state index contributed by atoms with van der Waals surface area (Å²) in [5, 5.41) is 9.35. The Morgan fingerprint density at radius 1 is 1.79 bits per heavy atom. The van der Waals surface area contributed by atoms with Crippen molar-refractivity contribution in [1.29, 1.82) is 0 Å². The number of methoxy groups -OCH3 is 1. The molecule has 0 spiro atoms. The van der Waals surface area contributed by atoms with Crippen LogP contribution in [0.1, 0.15) is 11.3 Å². The van der Waals surface area contributed by atoms with E-state index in [2.05, 4.69) is 9.27 Å². The molecule has 0 amide bonds. The van der Waals surface area contributed by atoms with Crippen molar-refractivity contribution in [1.82, 2.24) is 9.27 Å². The number of β-amino-alcohol motifs (C(OH)–C–C–N with tert-alkyl or cyclic N) is 1. The first-order chi connectivity index (χ1) is 6.78. The number of ether oxygens (including phenoxy) is 1. The molecule has 0 aromatic carbocycles. The number of likely N-dealkylation sites (tertiary alicyclic amines) is 1. The van der Waals surface area contributed by atoms with Gasteiger partial charge in [-0.15, -0.1) is 0 Å². The Morgan fingerprint density at radius 2 is 2.64 bits per heavy atom. The van der Waals surface area contributed by atoms with Gasteiger partial charge < -0.3 is 9.84 Å². The van der Waals surface area contributed by atoms with E-state index in [1.165, 1.54) is 16.4 Å². The molecule has 0 radical (unpaired) electrons. The summed E-state index contributed by atoms with van der Waals surface area (Å²) < 4.78 is 9.14. The van der Waals surface area contributed by atoms with E-state index in [9.17, 15) is 5.11 Å². The van der Waals surface area contributed by atoms with Crippen molar-refractivity contribution >= 4 is 11.5 Å². The van der Waals surface area contributed by atoms with Gasteiger partial charge in [-0.1, -0.05) is 0 Å². The molecule has 0 aliphatic carbocycles. The van der Waals surface area contributed by atoms with Crippen molar-refractivity contribution in [3.8, 4) is 5.88 Å². The maximum Gasteiger partial charge on any atom is 0.225 e. The van der Waals surface area contributed by atoms with Crippen LogP contribution in [-0.4, -0.2) is 40.7 Å². The van der Waals surface area contributed by atoms with Crippen LogP contribution in [0.4, 0.5) is 0 Å². The van der Waals surface area contributed by atoms with Crippen LogP contribution in [0.5, 0.6) is 5.88 Å². The monoisotopic (exact) mass is 214 g/mol. The van der Waals surface area contributed by atoms with Gasteiger partial charge in [-0.3, -0.25) is 4.90 Å². The smallest absolute Gasteiger partial charge is 0.225 e. The second kappa shape index (κ2) is 4.25. The summed E-state index contributed by atoms with van der Waals surface area (Å²) >= 11 is 1.46. The largest absolute Gasteiger partial charge is 0.480 e. The first kappa shape index (κ1) is 9.89. The van der Waals surface area contributed by atoms with E-state index in [0.29, 0.717) is 5.88 Å². The summed E-state index contributed by atoms with van der Waals surface area (Å²) in [5.74, 6) is 0.685. The Hall–Kier alpha value is -0.650. The number of hydrogen-bond donors (Lipinski definition) is 1. The fourth-order valence-electron chi connectivity index (χ4n) is 1.64. The van der Waals surface area contributed by atoms with Crippen LogP contribution in [0.2, 0.25) is 0 Å². The third-order valence-electron chi connectivity index (χ3n) is 2.37. The highest BCUT2D eigenvalue weighted by Gasteiger charge is 2.20. The summed E-state index contributed by atoms with van der Waals surface area (Å²) in [5.41, 5.74) is 0. The molecule has 0 unspecified atom stereocenters. The van der Waals surface area contributed by atoms with Gasteiger partial charge in [-0.05, 0) is 18.0 Å². The highest BCUT2D eigenvalue weighted by molar-refractivity contribution is 7.05. The van der Waals surface area contributed by atoms with Crippen molar-refractivity contribution < 1.29 is 9.84 Å². The lowest BCUT2D eigenvalue weighted by Crippen LogP contribution is -2.20. The molecule has 1 aromatic rings. The van der Waals surface area contributed by atoms with Crippen LogP contribution in [0.3, 0.4) is 0 Å². The Labute approximate surface area is 87.3 Å². The Bertz CT molecular complexity index is 303. The van der Waals surface area contributed by atoms with E-state index in [1.54, 1.807) is 7.11 Å². The zero-order chi connectivity index (χ0) is 9.97. The Kier molecular flexibility index (Phi) is 3.00. The van der Waals surface area contributed by atoms with Gasteiger partial charge in [0.1, 0.15) is 0 Å². The molecular weight excluding hydrogens is 200 g/mol. The fourth-order valence-corrected chi connectivity index (χ4v) is 2.37. The van der Waals surface area contributed by atoms with Gasteiger partial charge in [0.25, 0.3) is 0 Å². The van der Waals surface area contributed by atoms with E-state index < -0.39 is 0 Å². The molecule has 0 bridgehead atoms. The molecule has 1 aromatic heterocycles. The van der Waals surface area contributed by atoms with Crippen molar-refractivity contribution in [3.05, 3.63) is 10.9 Å². The number of hydrogen-bond acceptors (Lipinski definition) is 5. The summed E-state index contributed by atoms with van der Waals surface area (Å²) in [6.07, 6.45) is 0.737. The average Bonchev–Trinajstić information content (AvgIpc) is 2.76. The molecule has 1 fully saturated rings. The van der Waals surface area contributed by atoms with E-state index in [4.69, 9.17) is 4.74 Å². The van der Waals surface area contributed by atoms with Crippen molar-refractivity contribution in [3.63, 3.8) is 0 Å².